The number of para-hydroxylation sites is 2. The van der Waals surface area contributed by atoms with E-state index in [4.69, 9.17) is 16.6 Å². The normalized spacial score (nSPS) is 12.3. The van der Waals surface area contributed by atoms with Crippen molar-refractivity contribution in [3.63, 3.8) is 0 Å². The van der Waals surface area contributed by atoms with Gasteiger partial charge in [-0.3, -0.25) is 4.79 Å². The minimum atomic E-state index is -0.154. The Morgan fingerprint density at radius 1 is 1.19 bits per heavy atom. The van der Waals surface area contributed by atoms with Gasteiger partial charge >= 0.3 is 0 Å². The first-order valence-corrected chi connectivity index (χ1v) is 9.45. The molecule has 136 valence electrons. The summed E-state index contributed by atoms with van der Waals surface area (Å²) in [6, 6.07) is 15.3. The lowest BCUT2D eigenvalue weighted by Gasteiger charge is -2.16. The topological polar surface area (TPSA) is 46.9 Å². The number of aryl methyl sites for hydroxylation is 1. The number of nitrogens with zero attached hydrogens (tertiary/aromatic N) is 2. The van der Waals surface area contributed by atoms with Gasteiger partial charge in [0.1, 0.15) is 5.82 Å². The molecule has 1 amide bonds. The Hall–Kier alpha value is -2.33. The van der Waals surface area contributed by atoms with E-state index < -0.39 is 0 Å². The zero-order chi connectivity index (χ0) is 18.5. The fourth-order valence-corrected chi connectivity index (χ4v) is 3.25. The number of unbranched alkanes of at least 4 members (excludes halogenated alkanes) is 1. The number of amides is 1. The van der Waals surface area contributed by atoms with Gasteiger partial charge in [-0.2, -0.15) is 0 Å². The molecule has 3 rings (SSSR count). The quantitative estimate of drug-likeness (QED) is 0.643. The maximum absolute atomic E-state index is 12.4. The molecule has 2 aromatic carbocycles. The maximum Gasteiger partial charge on any atom is 0.224 e. The van der Waals surface area contributed by atoms with Crippen LogP contribution in [0.2, 0.25) is 5.02 Å². The number of carbonyl (C=O) groups is 1. The number of hydrogen-bond donors (Lipinski definition) is 1. The van der Waals surface area contributed by atoms with Gasteiger partial charge in [0.2, 0.25) is 5.91 Å². The van der Waals surface area contributed by atoms with Crippen LogP contribution in [0.25, 0.3) is 11.0 Å². The van der Waals surface area contributed by atoms with E-state index in [0.29, 0.717) is 11.4 Å². The molecule has 3 aromatic rings. The van der Waals surface area contributed by atoms with E-state index in [1.807, 2.05) is 37.3 Å². The SMILES string of the molecule is CCCCn1c(C(C)NC(=O)Cc2ccc(Cl)cc2)nc2ccccc21. The summed E-state index contributed by atoms with van der Waals surface area (Å²) in [6.07, 6.45) is 2.53. The van der Waals surface area contributed by atoms with Crippen LogP contribution < -0.4 is 5.32 Å². The summed E-state index contributed by atoms with van der Waals surface area (Å²) in [7, 11) is 0. The molecule has 26 heavy (non-hydrogen) atoms. The van der Waals surface area contributed by atoms with Crippen LogP contribution in [-0.2, 0) is 17.8 Å². The van der Waals surface area contributed by atoms with Crippen molar-refractivity contribution in [2.75, 3.05) is 0 Å². The third kappa shape index (κ3) is 4.25. The molecule has 0 spiro atoms. The van der Waals surface area contributed by atoms with Crippen LogP contribution in [0.15, 0.2) is 48.5 Å². The molecular weight excluding hydrogens is 346 g/mol. The summed E-state index contributed by atoms with van der Waals surface area (Å²) < 4.78 is 2.23. The van der Waals surface area contributed by atoms with Gasteiger partial charge in [0.15, 0.2) is 0 Å². The summed E-state index contributed by atoms with van der Waals surface area (Å²) in [5.41, 5.74) is 3.03. The smallest absolute Gasteiger partial charge is 0.224 e. The van der Waals surface area contributed by atoms with Crippen molar-refractivity contribution in [3.05, 3.63) is 64.9 Å². The molecule has 1 heterocycles. The van der Waals surface area contributed by atoms with E-state index in [2.05, 4.69) is 22.9 Å². The number of halogens is 1. The largest absolute Gasteiger partial charge is 0.346 e. The van der Waals surface area contributed by atoms with Crippen molar-refractivity contribution in [1.29, 1.82) is 0 Å². The minimum Gasteiger partial charge on any atom is -0.346 e. The van der Waals surface area contributed by atoms with Gasteiger partial charge in [0.25, 0.3) is 0 Å². The second-order valence-corrected chi connectivity index (χ2v) is 6.99. The van der Waals surface area contributed by atoms with Gasteiger partial charge in [0, 0.05) is 11.6 Å². The Kier molecular flexibility index (Phi) is 5.94. The van der Waals surface area contributed by atoms with Crippen LogP contribution in [0.1, 0.15) is 44.1 Å². The number of carbonyl (C=O) groups excluding carboxylic acids is 1. The molecule has 1 unspecified atom stereocenters. The van der Waals surface area contributed by atoms with E-state index in [1.165, 1.54) is 0 Å². The first-order chi connectivity index (χ1) is 12.6. The van der Waals surface area contributed by atoms with Gasteiger partial charge < -0.3 is 9.88 Å². The molecule has 1 aromatic heterocycles. The summed E-state index contributed by atoms with van der Waals surface area (Å²) >= 11 is 5.90. The van der Waals surface area contributed by atoms with E-state index in [9.17, 15) is 4.79 Å². The van der Waals surface area contributed by atoms with Gasteiger partial charge in [0.05, 0.1) is 23.5 Å². The Morgan fingerprint density at radius 2 is 1.92 bits per heavy atom. The predicted octanol–water partition coefficient (Wildman–Crippen LogP) is 4.91. The predicted molar refractivity (Wildman–Crippen MR) is 106 cm³/mol. The second-order valence-electron chi connectivity index (χ2n) is 6.56. The second kappa shape index (κ2) is 8.37. The Morgan fingerprint density at radius 3 is 2.65 bits per heavy atom. The van der Waals surface area contributed by atoms with Crippen molar-refractivity contribution in [1.82, 2.24) is 14.9 Å². The number of rotatable bonds is 7. The van der Waals surface area contributed by atoms with Crippen LogP contribution in [0.4, 0.5) is 0 Å². The van der Waals surface area contributed by atoms with Crippen molar-refractivity contribution in [3.8, 4) is 0 Å². The molecule has 0 saturated heterocycles. The van der Waals surface area contributed by atoms with Crippen molar-refractivity contribution in [2.45, 2.75) is 45.7 Å². The standard InChI is InChI=1S/C21H24ClN3O/c1-3-4-13-25-19-8-6-5-7-18(19)24-21(25)15(2)23-20(26)14-16-9-11-17(22)12-10-16/h5-12,15H,3-4,13-14H2,1-2H3,(H,23,26). The monoisotopic (exact) mass is 369 g/mol. The average molecular weight is 370 g/mol. The molecule has 0 fully saturated rings. The van der Waals surface area contributed by atoms with E-state index in [0.717, 1.165) is 41.8 Å². The molecule has 0 radical (unpaired) electrons. The Labute approximate surface area is 159 Å². The first kappa shape index (κ1) is 18.5. The maximum atomic E-state index is 12.4. The lowest BCUT2D eigenvalue weighted by Crippen LogP contribution is -2.30. The summed E-state index contributed by atoms with van der Waals surface area (Å²) in [6.45, 7) is 5.07. The molecule has 0 bridgehead atoms. The Bertz CT molecular complexity index is 886. The van der Waals surface area contributed by atoms with Gasteiger partial charge in [-0.15, -0.1) is 0 Å². The van der Waals surface area contributed by atoms with Crippen LogP contribution in [0.5, 0.6) is 0 Å². The minimum absolute atomic E-state index is 0.0195. The molecule has 0 aliphatic rings. The fraction of sp³-hybridized carbons (Fsp3) is 0.333. The van der Waals surface area contributed by atoms with Crippen molar-refractivity contribution in [2.24, 2.45) is 0 Å². The molecule has 4 nitrogen and oxygen atoms in total. The van der Waals surface area contributed by atoms with Gasteiger partial charge in [-0.25, -0.2) is 4.98 Å². The number of hydrogen-bond acceptors (Lipinski definition) is 2. The highest BCUT2D eigenvalue weighted by Gasteiger charge is 2.18. The molecule has 0 aliphatic carbocycles. The molecule has 1 atom stereocenters. The van der Waals surface area contributed by atoms with Crippen LogP contribution in [0, 0.1) is 0 Å². The third-order valence-electron chi connectivity index (χ3n) is 4.46. The summed E-state index contributed by atoms with van der Waals surface area (Å²) in [5, 5.41) is 3.76. The molecule has 0 aliphatic heterocycles. The van der Waals surface area contributed by atoms with E-state index >= 15 is 0 Å². The fourth-order valence-electron chi connectivity index (χ4n) is 3.12. The third-order valence-corrected chi connectivity index (χ3v) is 4.71. The van der Waals surface area contributed by atoms with Crippen molar-refractivity contribution < 1.29 is 4.79 Å². The summed E-state index contributed by atoms with van der Waals surface area (Å²) in [4.78, 5) is 17.2. The highest BCUT2D eigenvalue weighted by atomic mass is 35.5. The molecule has 1 N–H and O–H groups in total. The molecule has 0 saturated carbocycles. The van der Waals surface area contributed by atoms with E-state index in [1.54, 1.807) is 12.1 Å². The first-order valence-electron chi connectivity index (χ1n) is 9.07. The van der Waals surface area contributed by atoms with Crippen LogP contribution in [0.3, 0.4) is 0 Å². The van der Waals surface area contributed by atoms with Crippen LogP contribution in [-0.4, -0.2) is 15.5 Å². The Balaban J connectivity index is 1.77. The zero-order valence-electron chi connectivity index (χ0n) is 15.2. The van der Waals surface area contributed by atoms with Crippen LogP contribution >= 0.6 is 11.6 Å². The summed E-state index contributed by atoms with van der Waals surface area (Å²) in [5.74, 6) is 0.887. The number of imidazole rings is 1. The number of fused-ring (bicyclic) bond motifs is 1. The highest BCUT2D eigenvalue weighted by molar-refractivity contribution is 6.30. The highest BCUT2D eigenvalue weighted by Crippen LogP contribution is 2.21. The van der Waals surface area contributed by atoms with Gasteiger partial charge in [-0.1, -0.05) is 49.2 Å². The number of benzene rings is 2. The van der Waals surface area contributed by atoms with E-state index in [-0.39, 0.29) is 11.9 Å². The van der Waals surface area contributed by atoms with Gasteiger partial charge in [-0.05, 0) is 43.2 Å². The number of nitrogens with one attached hydrogen (secondary N) is 1. The molecule has 5 heteroatoms. The lowest BCUT2D eigenvalue weighted by molar-refractivity contribution is -0.121. The zero-order valence-corrected chi connectivity index (χ0v) is 16.0. The lowest BCUT2D eigenvalue weighted by atomic mass is 10.1. The molecular formula is C21H24ClN3O. The number of aromatic nitrogens is 2. The average Bonchev–Trinajstić information content (AvgIpc) is 3.00. The van der Waals surface area contributed by atoms with Crippen molar-refractivity contribution >= 4 is 28.5 Å².